The number of carbonyl (C=O) groups is 3. The minimum Gasteiger partial charge on any atom is -0.391 e. The van der Waals surface area contributed by atoms with Crippen molar-refractivity contribution in [1.82, 2.24) is 20.5 Å². The van der Waals surface area contributed by atoms with Gasteiger partial charge in [0.25, 0.3) is 0 Å². The molecule has 0 unspecified atom stereocenters. The van der Waals surface area contributed by atoms with E-state index < -0.39 is 29.5 Å². The lowest BCUT2D eigenvalue weighted by Crippen LogP contribution is -2.57. The highest BCUT2D eigenvalue weighted by Crippen LogP contribution is 2.28. The van der Waals surface area contributed by atoms with Gasteiger partial charge in [-0.3, -0.25) is 14.4 Å². The molecule has 0 bridgehead atoms. The Morgan fingerprint density at radius 1 is 1.07 bits per heavy atom. The Kier molecular flexibility index (Phi) is 14.2. The van der Waals surface area contributed by atoms with E-state index in [9.17, 15) is 19.5 Å². The fourth-order valence-electron chi connectivity index (χ4n) is 4.80. The fraction of sp³-hybridized carbons (Fsp3) is 0.613. The molecule has 3 amide bonds. The molecule has 0 aliphatic carbocycles. The zero-order valence-electron chi connectivity index (χ0n) is 26.2. The maximum Gasteiger partial charge on any atom is 0.246 e. The molecule has 5 N–H and O–H groups in total. The van der Waals surface area contributed by atoms with Crippen molar-refractivity contribution in [3.63, 3.8) is 0 Å². The molecule has 0 spiro atoms. The molecular formula is C31H47N5O7S. The molecule has 1 aromatic carbocycles. The molecule has 0 radical (unpaired) electrons. The van der Waals surface area contributed by atoms with Crippen LogP contribution in [0.5, 0.6) is 0 Å². The number of β-amino-alcohol motifs (C(OH)–C–C–N with tert-alkyl or cyclic N) is 1. The van der Waals surface area contributed by atoms with Gasteiger partial charge < -0.3 is 40.6 Å². The Morgan fingerprint density at radius 2 is 1.70 bits per heavy atom. The smallest absolute Gasteiger partial charge is 0.246 e. The van der Waals surface area contributed by atoms with Gasteiger partial charge in [-0.15, -0.1) is 11.3 Å². The monoisotopic (exact) mass is 633 g/mol. The van der Waals surface area contributed by atoms with E-state index in [-0.39, 0.29) is 44.4 Å². The highest BCUT2D eigenvalue weighted by atomic mass is 32.1. The molecule has 1 aromatic heterocycles. The van der Waals surface area contributed by atoms with Crippen LogP contribution in [0.25, 0.3) is 10.4 Å². The number of carbonyl (C=O) groups excluding carboxylic acids is 3. The number of benzene rings is 1. The number of nitrogens with one attached hydrogen (secondary N) is 2. The summed E-state index contributed by atoms with van der Waals surface area (Å²) >= 11 is 1.58. The van der Waals surface area contributed by atoms with E-state index in [1.165, 1.54) is 4.90 Å². The first kappa shape index (κ1) is 35.5. The molecule has 1 aliphatic heterocycles. The molecule has 2 heterocycles. The lowest BCUT2D eigenvalue weighted by molar-refractivity contribution is -0.144. The molecule has 3 atom stereocenters. The van der Waals surface area contributed by atoms with Crippen LogP contribution in [-0.2, 0) is 35.1 Å². The van der Waals surface area contributed by atoms with Gasteiger partial charge in [-0.1, -0.05) is 45.0 Å². The SMILES string of the molecule is Cc1ncsc1-c1ccc(CNC(=O)[C@@H]2C[C@@H](O)CN2C(=O)[C@@H](NC(=O)CCOCCOCCOCCN)C(C)(C)C)cc1. The molecule has 244 valence electrons. The van der Waals surface area contributed by atoms with Crippen LogP contribution in [0.1, 0.15) is 44.9 Å². The number of thiazole rings is 1. The van der Waals surface area contributed by atoms with Gasteiger partial charge in [0, 0.05) is 32.5 Å². The molecule has 1 fully saturated rings. The Balaban J connectivity index is 1.49. The number of aliphatic hydroxyl groups is 1. The van der Waals surface area contributed by atoms with E-state index in [1.54, 1.807) is 11.3 Å². The average molecular weight is 634 g/mol. The van der Waals surface area contributed by atoms with Gasteiger partial charge in [0.15, 0.2) is 0 Å². The van der Waals surface area contributed by atoms with E-state index >= 15 is 0 Å². The van der Waals surface area contributed by atoms with Crippen LogP contribution in [0.15, 0.2) is 29.8 Å². The van der Waals surface area contributed by atoms with Crippen molar-refractivity contribution in [3.05, 3.63) is 41.0 Å². The highest BCUT2D eigenvalue weighted by Gasteiger charge is 2.44. The zero-order valence-corrected chi connectivity index (χ0v) is 27.0. The molecule has 1 aliphatic rings. The number of ether oxygens (including phenoxy) is 3. The molecule has 0 saturated carbocycles. The number of aliphatic hydroxyl groups excluding tert-OH is 1. The van der Waals surface area contributed by atoms with Gasteiger partial charge in [0.2, 0.25) is 17.7 Å². The lowest BCUT2D eigenvalue weighted by Gasteiger charge is -2.35. The number of hydrogen-bond donors (Lipinski definition) is 4. The lowest BCUT2D eigenvalue weighted by atomic mass is 9.85. The van der Waals surface area contributed by atoms with Crippen LogP contribution in [-0.4, -0.2) is 104 Å². The van der Waals surface area contributed by atoms with Crippen molar-refractivity contribution < 1.29 is 33.7 Å². The van der Waals surface area contributed by atoms with Crippen molar-refractivity contribution in [2.75, 3.05) is 52.7 Å². The third-order valence-electron chi connectivity index (χ3n) is 7.19. The maximum atomic E-state index is 13.7. The first-order valence-corrected chi connectivity index (χ1v) is 15.9. The second-order valence-corrected chi connectivity index (χ2v) is 12.7. The second kappa shape index (κ2) is 17.5. The molecule has 3 rings (SSSR count). The maximum absolute atomic E-state index is 13.7. The molecule has 44 heavy (non-hydrogen) atoms. The fourth-order valence-corrected chi connectivity index (χ4v) is 5.62. The summed E-state index contributed by atoms with van der Waals surface area (Å²) in [4.78, 5) is 46.5. The summed E-state index contributed by atoms with van der Waals surface area (Å²) in [7, 11) is 0. The summed E-state index contributed by atoms with van der Waals surface area (Å²) < 4.78 is 16.1. The standard InChI is InChI=1S/C31H47N5O7S/c1-21-27(44-20-34-21)23-7-5-22(6-8-23)18-33-29(39)25-17-24(37)19-36(25)30(40)28(31(2,3)4)35-26(38)9-11-41-13-15-43-16-14-42-12-10-32/h5-8,20,24-25,28,37H,9-19,32H2,1-4H3,(H,33,39)(H,35,38)/t24-,25+,28-/m1/s1. The van der Waals surface area contributed by atoms with Gasteiger partial charge in [-0.2, -0.15) is 0 Å². The van der Waals surface area contributed by atoms with Crippen molar-refractivity contribution in [2.45, 2.75) is 65.3 Å². The van der Waals surface area contributed by atoms with Crippen LogP contribution in [0.3, 0.4) is 0 Å². The largest absolute Gasteiger partial charge is 0.391 e. The minimum absolute atomic E-state index is 0.0165. The van der Waals surface area contributed by atoms with Crippen LogP contribution >= 0.6 is 11.3 Å². The van der Waals surface area contributed by atoms with E-state index in [1.807, 2.05) is 57.5 Å². The van der Waals surface area contributed by atoms with Crippen LogP contribution < -0.4 is 16.4 Å². The third-order valence-corrected chi connectivity index (χ3v) is 8.17. The summed E-state index contributed by atoms with van der Waals surface area (Å²) in [5.74, 6) is -1.09. The minimum atomic E-state index is -0.893. The van der Waals surface area contributed by atoms with Gasteiger partial charge in [0.1, 0.15) is 12.1 Å². The summed E-state index contributed by atoms with van der Waals surface area (Å²) in [5, 5.41) is 16.2. The normalized spacial score (nSPS) is 17.5. The molecule has 12 nitrogen and oxygen atoms in total. The number of aryl methyl sites for hydroxylation is 1. The average Bonchev–Trinajstić information content (AvgIpc) is 3.60. The highest BCUT2D eigenvalue weighted by molar-refractivity contribution is 7.13. The van der Waals surface area contributed by atoms with Crippen LogP contribution in [0, 0.1) is 12.3 Å². The van der Waals surface area contributed by atoms with Crippen molar-refractivity contribution in [2.24, 2.45) is 11.1 Å². The Hall–Kier alpha value is -2.94. The summed E-state index contributed by atoms with van der Waals surface area (Å²) in [6.07, 6.45) is -0.648. The van der Waals surface area contributed by atoms with Gasteiger partial charge in [0.05, 0.1) is 61.8 Å². The number of nitrogens with zero attached hydrogens (tertiary/aromatic N) is 2. The van der Waals surface area contributed by atoms with Crippen LogP contribution in [0.4, 0.5) is 0 Å². The molecular weight excluding hydrogens is 586 g/mol. The van der Waals surface area contributed by atoms with Gasteiger partial charge in [-0.25, -0.2) is 4.98 Å². The Labute approximate surface area is 263 Å². The Morgan fingerprint density at radius 3 is 2.30 bits per heavy atom. The third kappa shape index (κ3) is 10.9. The molecule has 13 heteroatoms. The van der Waals surface area contributed by atoms with Crippen molar-refractivity contribution >= 4 is 29.1 Å². The second-order valence-electron chi connectivity index (χ2n) is 11.8. The number of nitrogens with two attached hydrogens (primary N) is 1. The van der Waals surface area contributed by atoms with E-state index in [0.717, 1.165) is 21.7 Å². The van der Waals surface area contributed by atoms with Crippen molar-refractivity contribution in [3.8, 4) is 10.4 Å². The number of aromatic nitrogens is 1. The van der Waals surface area contributed by atoms with E-state index in [4.69, 9.17) is 19.9 Å². The molecule has 2 aromatic rings. The van der Waals surface area contributed by atoms with E-state index in [0.29, 0.717) is 39.6 Å². The van der Waals surface area contributed by atoms with E-state index in [2.05, 4.69) is 15.6 Å². The Bertz CT molecular complexity index is 1200. The summed E-state index contributed by atoms with van der Waals surface area (Å²) in [6.45, 7) is 10.5. The van der Waals surface area contributed by atoms with Crippen molar-refractivity contribution in [1.29, 1.82) is 0 Å². The zero-order chi connectivity index (χ0) is 32.1. The number of amides is 3. The number of rotatable bonds is 17. The first-order valence-electron chi connectivity index (χ1n) is 15.0. The number of likely N-dealkylation sites (tertiary alicyclic amines) is 1. The first-order chi connectivity index (χ1) is 21.0. The quantitative estimate of drug-likeness (QED) is 0.190. The van der Waals surface area contributed by atoms with Gasteiger partial charge >= 0.3 is 0 Å². The summed E-state index contributed by atoms with van der Waals surface area (Å²) in [6, 6.07) is 6.14. The molecule has 1 saturated heterocycles. The van der Waals surface area contributed by atoms with Gasteiger partial charge in [-0.05, 0) is 23.5 Å². The summed E-state index contributed by atoms with van der Waals surface area (Å²) in [5.41, 5.74) is 9.47. The predicted molar refractivity (Wildman–Crippen MR) is 168 cm³/mol. The predicted octanol–water partition coefficient (Wildman–Crippen LogP) is 1.63. The van der Waals surface area contributed by atoms with Crippen LogP contribution in [0.2, 0.25) is 0 Å². The number of hydrogen-bond acceptors (Lipinski definition) is 10. The topological polar surface area (TPSA) is 165 Å².